The van der Waals surface area contributed by atoms with Crippen LogP contribution in [0.5, 0.6) is 0 Å². The topological polar surface area (TPSA) is 24.3 Å². The van der Waals surface area contributed by atoms with Crippen molar-refractivity contribution in [2.45, 2.75) is 47.7 Å². The lowest BCUT2D eigenvalue weighted by atomic mass is 9.90. The van der Waals surface area contributed by atoms with E-state index in [0.717, 1.165) is 5.95 Å². The Bertz CT molecular complexity index is 765. The summed E-state index contributed by atoms with van der Waals surface area (Å²) in [5.41, 5.74) is 3.93. The number of anilines is 2. The molecule has 0 radical (unpaired) electrons. The summed E-state index contributed by atoms with van der Waals surface area (Å²) in [4.78, 5) is 9.58. The zero-order valence-electron chi connectivity index (χ0n) is 16.5. The van der Waals surface area contributed by atoms with Crippen molar-refractivity contribution in [2.24, 2.45) is 18.4 Å². The van der Waals surface area contributed by atoms with Crippen molar-refractivity contribution >= 4 is 11.6 Å². The van der Waals surface area contributed by atoms with Crippen molar-refractivity contribution in [2.75, 3.05) is 9.80 Å². The van der Waals surface area contributed by atoms with Crippen LogP contribution in [0.1, 0.15) is 41.5 Å². The molecule has 0 spiro atoms. The van der Waals surface area contributed by atoms with Gasteiger partial charge in [-0.1, -0.05) is 52.8 Å². The van der Waals surface area contributed by atoms with Crippen molar-refractivity contribution in [3.8, 4) is 0 Å². The molecule has 1 aromatic carbocycles. The molecule has 0 bridgehead atoms. The van der Waals surface area contributed by atoms with Crippen LogP contribution in [-0.2, 0) is 7.05 Å². The molecule has 1 aliphatic rings. The van der Waals surface area contributed by atoms with Crippen LogP contribution in [0.25, 0.3) is 0 Å². The summed E-state index contributed by atoms with van der Waals surface area (Å²) in [6.45, 7) is 13.7. The van der Waals surface area contributed by atoms with Gasteiger partial charge >= 0.3 is 0 Å². The van der Waals surface area contributed by atoms with Crippen LogP contribution in [0.4, 0.5) is 11.6 Å². The van der Waals surface area contributed by atoms with Crippen LogP contribution in [0.15, 0.2) is 54.1 Å². The Labute approximate surface area is 151 Å². The Balaban J connectivity index is 2.23. The SMILES string of the molecule is CC1=C(C(C)C)N(c2ccccc2)C(C(C)(C)C)N1c1nccn1C. The Hall–Kier alpha value is -2.23. The minimum Gasteiger partial charge on any atom is -0.321 e. The Morgan fingerprint density at radius 1 is 1.04 bits per heavy atom. The van der Waals surface area contributed by atoms with E-state index in [1.807, 2.05) is 12.4 Å². The normalized spacial score (nSPS) is 18.6. The Morgan fingerprint density at radius 2 is 1.68 bits per heavy atom. The van der Waals surface area contributed by atoms with Crippen LogP contribution in [-0.4, -0.2) is 15.7 Å². The van der Waals surface area contributed by atoms with Gasteiger partial charge in [-0.3, -0.25) is 4.90 Å². The van der Waals surface area contributed by atoms with E-state index < -0.39 is 0 Å². The lowest BCUT2D eigenvalue weighted by Gasteiger charge is -2.42. The molecule has 1 atom stereocenters. The van der Waals surface area contributed by atoms with Gasteiger partial charge in [0, 0.05) is 41.9 Å². The molecule has 1 unspecified atom stereocenters. The van der Waals surface area contributed by atoms with Crippen LogP contribution in [0.3, 0.4) is 0 Å². The number of nitrogens with zero attached hydrogens (tertiary/aromatic N) is 4. The third kappa shape index (κ3) is 2.94. The van der Waals surface area contributed by atoms with E-state index in [9.17, 15) is 0 Å². The quantitative estimate of drug-likeness (QED) is 0.786. The van der Waals surface area contributed by atoms with E-state index >= 15 is 0 Å². The first-order valence-electron chi connectivity index (χ1n) is 9.05. The van der Waals surface area contributed by atoms with Gasteiger partial charge in [-0.15, -0.1) is 0 Å². The molecule has 2 heterocycles. The second kappa shape index (κ2) is 6.25. The van der Waals surface area contributed by atoms with Crippen LogP contribution >= 0.6 is 0 Å². The number of para-hydroxylation sites is 1. The van der Waals surface area contributed by atoms with E-state index in [4.69, 9.17) is 0 Å². The second-order valence-corrected chi connectivity index (χ2v) is 8.28. The maximum absolute atomic E-state index is 4.66. The summed E-state index contributed by atoms with van der Waals surface area (Å²) in [6.07, 6.45) is 4.07. The maximum Gasteiger partial charge on any atom is 0.211 e. The molecule has 134 valence electrons. The number of aryl methyl sites for hydroxylation is 1. The molecule has 4 nitrogen and oxygen atoms in total. The summed E-state index contributed by atoms with van der Waals surface area (Å²) in [6, 6.07) is 10.7. The Morgan fingerprint density at radius 3 is 2.16 bits per heavy atom. The minimum absolute atomic E-state index is 0.0414. The van der Waals surface area contributed by atoms with E-state index in [-0.39, 0.29) is 11.6 Å². The van der Waals surface area contributed by atoms with Crippen molar-refractivity contribution in [3.05, 3.63) is 54.1 Å². The molecule has 25 heavy (non-hydrogen) atoms. The first kappa shape index (κ1) is 17.6. The summed E-state index contributed by atoms with van der Waals surface area (Å²) in [5, 5.41) is 0. The van der Waals surface area contributed by atoms with Crippen molar-refractivity contribution < 1.29 is 0 Å². The zero-order chi connectivity index (χ0) is 18.4. The van der Waals surface area contributed by atoms with Crippen molar-refractivity contribution in [1.82, 2.24) is 9.55 Å². The van der Waals surface area contributed by atoms with Crippen LogP contribution in [0, 0.1) is 11.3 Å². The summed E-state index contributed by atoms with van der Waals surface area (Å²) in [5.74, 6) is 1.42. The highest BCUT2D eigenvalue weighted by atomic mass is 15.5. The standard InChI is InChI=1S/C21H30N4/c1-15(2)18-16(3)24(20-22-13-14-23(20)7)19(21(4,5)6)25(18)17-11-9-8-10-12-17/h8-15,19H,1-7H3. The van der Waals surface area contributed by atoms with Crippen LogP contribution < -0.4 is 9.80 Å². The number of rotatable bonds is 3. The van der Waals surface area contributed by atoms with Gasteiger partial charge < -0.3 is 9.47 Å². The number of benzene rings is 1. The fraction of sp³-hybridized carbons (Fsp3) is 0.476. The zero-order valence-corrected chi connectivity index (χ0v) is 16.5. The number of imidazole rings is 1. The lowest BCUT2D eigenvalue weighted by Crippen LogP contribution is -2.50. The molecule has 4 heteroatoms. The monoisotopic (exact) mass is 338 g/mol. The summed E-state index contributed by atoms with van der Waals surface area (Å²) < 4.78 is 2.11. The summed E-state index contributed by atoms with van der Waals surface area (Å²) >= 11 is 0. The van der Waals surface area contributed by atoms with Gasteiger partial charge in [0.15, 0.2) is 0 Å². The molecule has 1 aliphatic heterocycles. The molecular formula is C21H30N4. The molecule has 0 aliphatic carbocycles. The highest BCUT2D eigenvalue weighted by Crippen LogP contribution is 2.45. The van der Waals surface area contributed by atoms with Gasteiger partial charge in [0.05, 0.1) is 0 Å². The third-order valence-electron chi connectivity index (χ3n) is 4.85. The largest absolute Gasteiger partial charge is 0.321 e. The van der Waals surface area contributed by atoms with Crippen molar-refractivity contribution in [3.63, 3.8) is 0 Å². The van der Waals surface area contributed by atoms with Gasteiger partial charge in [-0.2, -0.15) is 0 Å². The average Bonchev–Trinajstić information content (AvgIpc) is 3.08. The first-order chi connectivity index (χ1) is 11.7. The highest BCUT2D eigenvalue weighted by Gasteiger charge is 2.46. The van der Waals surface area contributed by atoms with Gasteiger partial charge in [0.25, 0.3) is 0 Å². The molecule has 0 N–H and O–H groups in total. The molecule has 0 fully saturated rings. The molecule has 3 rings (SSSR count). The molecule has 2 aromatic rings. The molecule has 0 amide bonds. The fourth-order valence-corrected chi connectivity index (χ4v) is 3.92. The van der Waals surface area contributed by atoms with Crippen molar-refractivity contribution in [1.29, 1.82) is 0 Å². The highest BCUT2D eigenvalue weighted by molar-refractivity contribution is 5.64. The first-order valence-corrected chi connectivity index (χ1v) is 9.05. The number of aromatic nitrogens is 2. The van der Waals surface area contributed by atoms with Gasteiger partial charge in [-0.25, -0.2) is 4.98 Å². The second-order valence-electron chi connectivity index (χ2n) is 8.28. The third-order valence-corrected chi connectivity index (χ3v) is 4.85. The van der Waals surface area contributed by atoms with Gasteiger partial charge in [0.1, 0.15) is 6.17 Å². The molecule has 0 saturated heterocycles. The number of hydrogen-bond donors (Lipinski definition) is 0. The Kier molecular flexibility index (Phi) is 4.40. The van der Waals surface area contributed by atoms with E-state index in [2.05, 4.69) is 98.3 Å². The van der Waals surface area contributed by atoms with E-state index in [1.165, 1.54) is 17.1 Å². The van der Waals surface area contributed by atoms with Gasteiger partial charge in [0.2, 0.25) is 5.95 Å². The smallest absolute Gasteiger partial charge is 0.211 e. The predicted octanol–water partition coefficient (Wildman–Crippen LogP) is 5.01. The lowest BCUT2D eigenvalue weighted by molar-refractivity contribution is 0.318. The maximum atomic E-state index is 4.66. The fourth-order valence-electron chi connectivity index (χ4n) is 3.92. The predicted molar refractivity (Wildman–Crippen MR) is 105 cm³/mol. The number of allylic oxidation sites excluding steroid dienone is 2. The minimum atomic E-state index is 0.0414. The molecule has 1 aromatic heterocycles. The average molecular weight is 338 g/mol. The van der Waals surface area contributed by atoms with E-state index in [1.54, 1.807) is 0 Å². The summed E-state index contributed by atoms with van der Waals surface area (Å²) in [7, 11) is 2.07. The van der Waals surface area contributed by atoms with Crippen LogP contribution in [0.2, 0.25) is 0 Å². The van der Waals surface area contributed by atoms with E-state index in [0.29, 0.717) is 5.92 Å². The van der Waals surface area contributed by atoms with Gasteiger partial charge in [-0.05, 0) is 25.0 Å². The number of hydrogen-bond acceptors (Lipinski definition) is 3. The molecular weight excluding hydrogens is 308 g/mol. The molecule has 0 saturated carbocycles.